The number of esters is 1. The molecule has 93 heavy (non-hydrogen) atoms. The topological polar surface area (TPSA) is 286 Å². The molecule has 3 aromatic carbocycles. The van der Waals surface area contributed by atoms with E-state index < -0.39 is 11.9 Å². The summed E-state index contributed by atoms with van der Waals surface area (Å²) in [5.74, 6) is 4.01. The Morgan fingerprint density at radius 2 is 0.753 bits per heavy atom. The first-order valence-corrected chi connectivity index (χ1v) is 30.1. The second-order valence-electron chi connectivity index (χ2n) is 15.6. The number of nitrogens with two attached hydrogens (primary N) is 1. The molecule has 21 nitrogen and oxygen atoms in total. The number of hydrazone groups is 1. The lowest BCUT2D eigenvalue weighted by atomic mass is 10.1. The van der Waals surface area contributed by atoms with Crippen molar-refractivity contribution in [2.75, 3.05) is 77.6 Å². The van der Waals surface area contributed by atoms with Gasteiger partial charge < -0.3 is 40.0 Å². The molecule has 0 aliphatic heterocycles. The summed E-state index contributed by atoms with van der Waals surface area (Å²) < 4.78 is 8.98. The number of methoxy groups -OCH3 is 2. The molecule has 0 unspecified atom stereocenters. The van der Waals surface area contributed by atoms with Crippen LogP contribution in [0.15, 0.2) is 162 Å². The molecule has 0 aliphatic rings. The molecule has 0 aromatic heterocycles. The van der Waals surface area contributed by atoms with Gasteiger partial charge in [0.05, 0.1) is 25.1 Å². The molecule has 0 radical (unpaired) electrons. The summed E-state index contributed by atoms with van der Waals surface area (Å²) in [7, 11) is 18.4. The lowest BCUT2D eigenvalue weighted by Gasteiger charge is -1.95. The van der Waals surface area contributed by atoms with E-state index in [1.807, 2.05) is 190 Å². The Kier molecular flexibility index (Phi) is 120. The number of hydrogen-bond donors (Lipinski definition) is 1. The predicted octanol–water partition coefficient (Wildman–Crippen LogP) is 17.0. The molecule has 0 atom stereocenters. The summed E-state index contributed by atoms with van der Waals surface area (Å²) in [6.45, 7) is 39.8. The fraction of sp³-hybridized carbons (Fsp3) is 0.457. The molecular formula is C70H120Cl2N14O7. The number of hydrogen-bond acceptors (Lipinski definition) is 21. The maximum Gasteiger partial charge on any atom is 0.376 e. The number of benzene rings is 3. The van der Waals surface area contributed by atoms with E-state index in [-0.39, 0.29) is 16.6 Å². The SMILES string of the molecule is C/C(=N/N)c1ccccc1.C/C=N/OC(=O)/C(C#N)=C/c1ccccc1.C/C=N/OC(=O)/C(Cl)=C/c1ccccc1.CC.CC.CC.CC=NC.CC=NC.CC=NC.CN=C(C)C.CN=C(C)C.CN=C(C)C.CN=C(C)C(=O)OC.CN=C(C)Cl.CN=C(C)OC. The van der Waals surface area contributed by atoms with Crippen molar-refractivity contribution in [2.45, 2.75) is 145 Å². The quantitative estimate of drug-likeness (QED) is 0.0327. The number of nitriles is 1. The van der Waals surface area contributed by atoms with E-state index in [4.69, 9.17) is 34.3 Å². The highest BCUT2D eigenvalue weighted by Crippen LogP contribution is 2.12. The van der Waals surface area contributed by atoms with Crippen LogP contribution in [0.1, 0.15) is 162 Å². The highest BCUT2D eigenvalue weighted by atomic mass is 35.5. The fourth-order valence-corrected chi connectivity index (χ4v) is 3.15. The molecule has 0 saturated heterocycles. The number of carbonyl (C=O) groups excluding carboxylic acids is 3. The molecule has 0 heterocycles. The van der Waals surface area contributed by atoms with E-state index in [9.17, 15) is 14.4 Å². The molecule has 0 spiro atoms. The molecule has 3 rings (SSSR count). The first-order chi connectivity index (χ1) is 44.2. The summed E-state index contributed by atoms with van der Waals surface area (Å²) in [6, 6.07) is 29.9. The third-order valence-electron chi connectivity index (χ3n) is 8.46. The minimum atomic E-state index is -0.760. The summed E-state index contributed by atoms with van der Waals surface area (Å²) in [5, 5.41) is 19.6. The van der Waals surface area contributed by atoms with Crippen molar-refractivity contribution in [3.63, 3.8) is 0 Å². The van der Waals surface area contributed by atoms with Crippen LogP contribution in [0.2, 0.25) is 0 Å². The lowest BCUT2D eigenvalue weighted by molar-refractivity contribution is -0.139. The molecule has 3 aromatic rings. The third kappa shape index (κ3) is 111. The summed E-state index contributed by atoms with van der Waals surface area (Å²) in [4.78, 5) is 74.9. The normalized spacial score (nSPS) is 9.95. The summed E-state index contributed by atoms with van der Waals surface area (Å²) >= 11 is 10.9. The van der Waals surface area contributed by atoms with E-state index in [2.05, 4.69) is 79.5 Å². The molecule has 0 saturated carbocycles. The van der Waals surface area contributed by atoms with Crippen LogP contribution in [0.25, 0.3) is 12.2 Å². The van der Waals surface area contributed by atoms with Crippen molar-refractivity contribution in [2.24, 2.45) is 66.2 Å². The minimum Gasteiger partial charge on any atom is -0.485 e. The Hall–Kier alpha value is -8.74. The van der Waals surface area contributed by atoms with Crippen LogP contribution in [-0.4, -0.2) is 166 Å². The predicted molar refractivity (Wildman–Crippen MR) is 414 cm³/mol. The summed E-state index contributed by atoms with van der Waals surface area (Å²) in [5.41, 5.74) is 7.23. The Bertz CT molecular complexity index is 2530. The molecule has 526 valence electrons. The Labute approximate surface area is 573 Å². The van der Waals surface area contributed by atoms with E-state index in [0.29, 0.717) is 10.9 Å². The van der Waals surface area contributed by atoms with Gasteiger partial charge in [-0.2, -0.15) is 10.4 Å². The third-order valence-corrected chi connectivity index (χ3v) is 8.89. The van der Waals surface area contributed by atoms with Crippen LogP contribution in [0.5, 0.6) is 0 Å². The molecule has 2 N–H and O–H groups in total. The van der Waals surface area contributed by atoms with Crippen molar-refractivity contribution in [1.29, 1.82) is 5.26 Å². The number of halogens is 2. The van der Waals surface area contributed by atoms with Crippen LogP contribution < -0.4 is 5.84 Å². The number of ether oxygens (including phenoxy) is 2. The standard InChI is InChI=1S/C12H10N2O2.C11H10ClNO2.C8H10N2.C5H9NO2.C4H9NO.3C4H9N.C3H6ClN.3C3H7N.3C2H6/c1-2-14-16-12(15)11(9-13)8-10-6-4-3-5-7-10;1-2-13-15-11(14)10(12)8-9-6-4-3-5-7-9;1-7(10-9)8-5-3-2-4-6-8;1-4(6-2)5(7)8-3;1-4(5-2)6-3;3*1-4(2)5-3;1-3(4)5-2;3*1-3-4-2;3*1-2/h2-8H,1H3;2-8H,1H3;2-6H,9H2,1H3;1-3H3;1-3H3;3*1-3H3;1-2H3;3*3H,1-2H3;3*1-2H3/b11-8+,14-2+;10-8-,13-2+;10-7-;;;;;;;;;;;;. The Balaban J connectivity index is -0.0000000791. The maximum absolute atomic E-state index is 11.3. The van der Waals surface area contributed by atoms with Crippen molar-refractivity contribution < 1.29 is 33.5 Å². The second-order valence-corrected chi connectivity index (χ2v) is 16.5. The van der Waals surface area contributed by atoms with Gasteiger partial charge in [-0.05, 0) is 144 Å². The molecular weight excluding hydrogens is 1220 g/mol. The minimum absolute atomic E-state index is 0.00759. The van der Waals surface area contributed by atoms with Crippen LogP contribution in [0, 0.1) is 11.3 Å². The van der Waals surface area contributed by atoms with Crippen molar-refractivity contribution >= 4 is 124 Å². The van der Waals surface area contributed by atoms with E-state index >= 15 is 0 Å². The highest BCUT2D eigenvalue weighted by Gasteiger charge is 2.10. The van der Waals surface area contributed by atoms with Gasteiger partial charge in [0.2, 0.25) is 0 Å². The van der Waals surface area contributed by atoms with E-state index in [0.717, 1.165) is 45.4 Å². The largest absolute Gasteiger partial charge is 0.485 e. The van der Waals surface area contributed by atoms with Crippen molar-refractivity contribution in [3.8, 4) is 6.07 Å². The van der Waals surface area contributed by atoms with Gasteiger partial charge in [0.25, 0.3) is 0 Å². The lowest BCUT2D eigenvalue weighted by Crippen LogP contribution is -2.10. The molecule has 23 heteroatoms. The maximum atomic E-state index is 11.3. The van der Waals surface area contributed by atoms with Gasteiger partial charge in [0.1, 0.15) is 22.4 Å². The second kappa shape index (κ2) is 99.5. The van der Waals surface area contributed by atoms with Crippen LogP contribution in [-0.2, 0) is 33.5 Å². The zero-order chi connectivity index (χ0) is 75.2. The van der Waals surface area contributed by atoms with Crippen LogP contribution >= 0.6 is 23.2 Å². The van der Waals surface area contributed by atoms with Crippen LogP contribution in [0.3, 0.4) is 0 Å². The number of rotatable bonds is 8. The summed E-state index contributed by atoms with van der Waals surface area (Å²) in [6.07, 6.45) is 10.9. The molecule has 0 amide bonds. The zero-order valence-corrected chi connectivity index (χ0v) is 64.2. The van der Waals surface area contributed by atoms with Gasteiger partial charge in [0.15, 0.2) is 5.90 Å². The average molecular weight is 1340 g/mol. The number of carbonyl (C=O) groups is 3. The first-order valence-electron chi connectivity index (χ1n) is 29.4. The monoisotopic (exact) mass is 1340 g/mol. The van der Waals surface area contributed by atoms with E-state index in [1.54, 1.807) is 142 Å². The van der Waals surface area contributed by atoms with Gasteiger partial charge in [-0.3, -0.25) is 30.0 Å². The molecule has 0 fully saturated rings. The number of nitrogens with zero attached hydrogens (tertiary/aromatic N) is 13. The highest BCUT2D eigenvalue weighted by molar-refractivity contribution is 6.64. The van der Waals surface area contributed by atoms with Gasteiger partial charge in [-0.1, -0.05) is 166 Å². The Morgan fingerprint density at radius 1 is 0.452 bits per heavy atom. The fourth-order valence-electron chi connectivity index (χ4n) is 2.99. The van der Waals surface area contributed by atoms with Gasteiger partial charge in [-0.25, -0.2) is 14.4 Å². The number of aliphatic imine (C=N–C) groups is 9. The van der Waals surface area contributed by atoms with Crippen molar-refractivity contribution in [3.05, 3.63) is 118 Å². The average Bonchev–Trinajstić information content (AvgIpc) is 1.88. The van der Waals surface area contributed by atoms with Gasteiger partial charge in [-0.15, -0.1) is 0 Å². The van der Waals surface area contributed by atoms with Gasteiger partial charge >= 0.3 is 17.9 Å². The zero-order valence-electron chi connectivity index (χ0n) is 62.7. The van der Waals surface area contributed by atoms with Gasteiger partial charge in [0, 0.05) is 99.9 Å². The van der Waals surface area contributed by atoms with Crippen LogP contribution in [0.4, 0.5) is 0 Å². The van der Waals surface area contributed by atoms with Crippen molar-refractivity contribution in [1.82, 2.24) is 0 Å². The molecule has 0 bridgehead atoms. The smallest absolute Gasteiger partial charge is 0.376 e. The Morgan fingerprint density at radius 3 is 0.957 bits per heavy atom. The number of oxime groups is 2. The molecule has 0 aliphatic carbocycles. The van der Waals surface area contributed by atoms with E-state index in [1.165, 1.54) is 31.7 Å². The first kappa shape index (κ1) is 112.